The molecular weight excluding hydrogens is 292 g/mol. The molecule has 0 aliphatic carbocycles. The molecule has 116 valence electrons. The number of nitrogens with one attached hydrogen (secondary N) is 2. The van der Waals surface area contributed by atoms with E-state index in [-0.39, 0.29) is 12.0 Å². The summed E-state index contributed by atoms with van der Waals surface area (Å²) < 4.78 is 10.8. The van der Waals surface area contributed by atoms with Crippen LogP contribution in [0.4, 0.5) is 5.69 Å². The standard InChI is InChI=1S/C18H16N2O3/c21-18(20-16-6-3-5-15-13(16)8-9-19-15)14-4-1-2-7-17(14)23-11-12-10-22-12/h1-9,12,19H,10-11H2,(H,20,21). The van der Waals surface area contributed by atoms with E-state index in [1.807, 2.05) is 42.6 Å². The van der Waals surface area contributed by atoms with Crippen molar-refractivity contribution >= 4 is 22.5 Å². The first kappa shape index (κ1) is 13.8. The van der Waals surface area contributed by atoms with Crippen LogP contribution in [-0.2, 0) is 4.74 Å². The Morgan fingerprint density at radius 3 is 2.96 bits per heavy atom. The number of fused-ring (bicyclic) bond motifs is 1. The van der Waals surface area contributed by atoms with Crippen LogP contribution in [0.15, 0.2) is 54.7 Å². The molecule has 23 heavy (non-hydrogen) atoms. The minimum atomic E-state index is -0.189. The number of carbonyl (C=O) groups is 1. The molecule has 1 aromatic heterocycles. The number of amides is 1. The average molecular weight is 308 g/mol. The van der Waals surface area contributed by atoms with Crippen molar-refractivity contribution in [2.45, 2.75) is 6.10 Å². The van der Waals surface area contributed by atoms with E-state index < -0.39 is 0 Å². The fourth-order valence-electron chi connectivity index (χ4n) is 2.51. The fourth-order valence-corrected chi connectivity index (χ4v) is 2.51. The molecule has 0 saturated carbocycles. The van der Waals surface area contributed by atoms with Gasteiger partial charge in [-0.3, -0.25) is 4.79 Å². The van der Waals surface area contributed by atoms with Crippen molar-refractivity contribution in [3.63, 3.8) is 0 Å². The zero-order valence-corrected chi connectivity index (χ0v) is 12.4. The number of benzene rings is 2. The first-order valence-electron chi connectivity index (χ1n) is 7.52. The summed E-state index contributed by atoms with van der Waals surface area (Å²) in [6, 6.07) is 14.9. The van der Waals surface area contributed by atoms with Crippen LogP contribution in [0.25, 0.3) is 10.9 Å². The smallest absolute Gasteiger partial charge is 0.259 e. The Morgan fingerprint density at radius 1 is 1.22 bits per heavy atom. The molecule has 3 aromatic rings. The third-order valence-corrected chi connectivity index (χ3v) is 3.80. The molecule has 0 radical (unpaired) electrons. The lowest BCUT2D eigenvalue weighted by Crippen LogP contribution is -2.15. The Balaban J connectivity index is 1.58. The average Bonchev–Trinajstić information content (AvgIpc) is 3.28. The maximum Gasteiger partial charge on any atom is 0.259 e. The molecule has 5 nitrogen and oxygen atoms in total. The molecule has 2 N–H and O–H groups in total. The van der Waals surface area contributed by atoms with E-state index in [2.05, 4.69) is 10.3 Å². The van der Waals surface area contributed by atoms with Crippen LogP contribution in [0.1, 0.15) is 10.4 Å². The largest absolute Gasteiger partial charge is 0.490 e. The normalized spacial score (nSPS) is 16.3. The molecule has 5 heteroatoms. The lowest BCUT2D eigenvalue weighted by atomic mass is 10.1. The molecular formula is C18H16N2O3. The second-order valence-corrected chi connectivity index (χ2v) is 5.46. The van der Waals surface area contributed by atoms with Crippen molar-refractivity contribution < 1.29 is 14.3 Å². The molecule has 1 aliphatic heterocycles. The van der Waals surface area contributed by atoms with Gasteiger partial charge in [0, 0.05) is 17.1 Å². The summed E-state index contributed by atoms with van der Waals surface area (Å²) in [5.41, 5.74) is 2.27. The van der Waals surface area contributed by atoms with Crippen molar-refractivity contribution in [2.75, 3.05) is 18.5 Å². The van der Waals surface area contributed by atoms with Crippen LogP contribution in [0, 0.1) is 0 Å². The monoisotopic (exact) mass is 308 g/mol. The van der Waals surface area contributed by atoms with E-state index in [4.69, 9.17) is 9.47 Å². The number of H-pyrrole nitrogens is 1. The van der Waals surface area contributed by atoms with E-state index in [9.17, 15) is 4.79 Å². The highest BCUT2D eigenvalue weighted by Crippen LogP contribution is 2.25. The third kappa shape index (κ3) is 2.91. The van der Waals surface area contributed by atoms with Gasteiger partial charge in [-0.05, 0) is 30.3 Å². The number of aromatic amines is 1. The van der Waals surface area contributed by atoms with Gasteiger partial charge in [0.05, 0.1) is 17.9 Å². The van der Waals surface area contributed by atoms with E-state index >= 15 is 0 Å². The topological polar surface area (TPSA) is 66.7 Å². The van der Waals surface area contributed by atoms with Gasteiger partial charge in [0.25, 0.3) is 5.91 Å². The van der Waals surface area contributed by atoms with Gasteiger partial charge in [0.1, 0.15) is 18.5 Å². The Morgan fingerprint density at radius 2 is 2.09 bits per heavy atom. The van der Waals surface area contributed by atoms with Gasteiger partial charge < -0.3 is 19.8 Å². The Bertz CT molecular complexity index is 852. The summed E-state index contributed by atoms with van der Waals surface area (Å²) in [6.07, 6.45) is 2.01. The van der Waals surface area contributed by atoms with Crippen molar-refractivity contribution in [2.24, 2.45) is 0 Å². The maximum atomic E-state index is 12.6. The Kier molecular flexibility index (Phi) is 3.48. The lowest BCUT2D eigenvalue weighted by Gasteiger charge is -2.11. The molecule has 1 unspecified atom stereocenters. The summed E-state index contributed by atoms with van der Waals surface area (Å²) >= 11 is 0. The number of carbonyl (C=O) groups excluding carboxylic acids is 1. The quantitative estimate of drug-likeness (QED) is 0.711. The highest BCUT2D eigenvalue weighted by Gasteiger charge is 2.24. The second-order valence-electron chi connectivity index (χ2n) is 5.46. The van der Waals surface area contributed by atoms with Crippen LogP contribution >= 0.6 is 0 Å². The first-order valence-corrected chi connectivity index (χ1v) is 7.52. The molecule has 1 atom stereocenters. The second kappa shape index (κ2) is 5.78. The van der Waals surface area contributed by atoms with Crippen LogP contribution in [0.2, 0.25) is 0 Å². The SMILES string of the molecule is O=C(Nc1cccc2[nH]ccc12)c1ccccc1OCC1CO1. The molecule has 2 heterocycles. The van der Waals surface area contributed by atoms with Crippen molar-refractivity contribution in [1.29, 1.82) is 0 Å². The van der Waals surface area contributed by atoms with Crippen molar-refractivity contribution in [3.8, 4) is 5.75 Å². The predicted octanol–water partition coefficient (Wildman–Crippen LogP) is 3.20. The van der Waals surface area contributed by atoms with E-state index in [1.54, 1.807) is 12.1 Å². The molecule has 1 saturated heterocycles. The van der Waals surface area contributed by atoms with Crippen LogP contribution in [0.5, 0.6) is 5.75 Å². The molecule has 1 amide bonds. The van der Waals surface area contributed by atoms with Gasteiger partial charge >= 0.3 is 0 Å². The summed E-state index contributed by atoms with van der Waals surface area (Å²) in [7, 11) is 0. The number of aromatic nitrogens is 1. The predicted molar refractivity (Wildman–Crippen MR) is 87.9 cm³/mol. The summed E-state index contributed by atoms with van der Waals surface area (Å²) in [6.45, 7) is 1.20. The summed E-state index contributed by atoms with van der Waals surface area (Å²) in [5.74, 6) is 0.382. The number of hydrogen-bond acceptors (Lipinski definition) is 3. The van der Waals surface area contributed by atoms with E-state index in [0.717, 1.165) is 23.2 Å². The number of hydrogen-bond donors (Lipinski definition) is 2. The van der Waals surface area contributed by atoms with Gasteiger partial charge in [-0.1, -0.05) is 18.2 Å². The Labute approximate surface area is 133 Å². The van der Waals surface area contributed by atoms with Crippen molar-refractivity contribution in [3.05, 3.63) is 60.3 Å². The minimum absolute atomic E-state index is 0.153. The third-order valence-electron chi connectivity index (χ3n) is 3.80. The number of rotatable bonds is 5. The van der Waals surface area contributed by atoms with Crippen LogP contribution in [-0.4, -0.2) is 30.2 Å². The van der Waals surface area contributed by atoms with Gasteiger partial charge in [-0.15, -0.1) is 0 Å². The van der Waals surface area contributed by atoms with Crippen LogP contribution in [0.3, 0.4) is 0 Å². The van der Waals surface area contributed by atoms with Gasteiger partial charge in [-0.2, -0.15) is 0 Å². The van der Waals surface area contributed by atoms with Gasteiger partial charge in [0.15, 0.2) is 0 Å². The van der Waals surface area contributed by atoms with Gasteiger partial charge in [0.2, 0.25) is 0 Å². The van der Waals surface area contributed by atoms with Crippen molar-refractivity contribution in [1.82, 2.24) is 4.98 Å². The highest BCUT2D eigenvalue weighted by molar-refractivity contribution is 6.10. The number of anilines is 1. The lowest BCUT2D eigenvalue weighted by molar-refractivity contribution is 0.102. The zero-order valence-electron chi connectivity index (χ0n) is 12.4. The molecule has 1 aliphatic rings. The molecule has 0 bridgehead atoms. The fraction of sp³-hybridized carbons (Fsp3) is 0.167. The number of epoxide rings is 1. The molecule has 4 rings (SSSR count). The Hall–Kier alpha value is -2.79. The molecule has 0 spiro atoms. The number of para-hydroxylation sites is 1. The first-order chi connectivity index (χ1) is 11.3. The molecule has 1 fully saturated rings. The minimum Gasteiger partial charge on any atom is -0.490 e. The summed E-state index contributed by atoms with van der Waals surface area (Å²) in [4.78, 5) is 15.8. The van der Waals surface area contributed by atoms with E-state index in [0.29, 0.717) is 17.9 Å². The highest BCUT2D eigenvalue weighted by atomic mass is 16.6. The summed E-state index contributed by atoms with van der Waals surface area (Å²) in [5, 5.41) is 3.94. The van der Waals surface area contributed by atoms with E-state index in [1.165, 1.54) is 0 Å². The van der Waals surface area contributed by atoms with Crippen LogP contribution < -0.4 is 10.1 Å². The zero-order chi connectivity index (χ0) is 15.6. The maximum absolute atomic E-state index is 12.6. The number of ether oxygens (including phenoxy) is 2. The molecule has 2 aromatic carbocycles. The van der Waals surface area contributed by atoms with Gasteiger partial charge in [-0.25, -0.2) is 0 Å².